The molecule has 2 aromatic rings. The van der Waals surface area contributed by atoms with Crippen LogP contribution in [0.1, 0.15) is 55.8 Å². The second kappa shape index (κ2) is 7.56. The summed E-state index contributed by atoms with van der Waals surface area (Å²) in [5, 5.41) is 13.1. The van der Waals surface area contributed by atoms with Gasteiger partial charge < -0.3 is 11.2 Å². The van der Waals surface area contributed by atoms with E-state index >= 15 is 0 Å². The van der Waals surface area contributed by atoms with Gasteiger partial charge in [-0.2, -0.15) is 9.94 Å². The summed E-state index contributed by atoms with van der Waals surface area (Å²) in [4.78, 5) is 27.8. The van der Waals surface area contributed by atoms with Crippen molar-refractivity contribution in [3.8, 4) is 6.07 Å². The van der Waals surface area contributed by atoms with E-state index in [1.165, 1.54) is 0 Å². The van der Waals surface area contributed by atoms with E-state index < -0.39 is 11.2 Å². The minimum atomic E-state index is -0.454. The average Bonchev–Trinajstić information content (AvgIpc) is 3.46. The lowest BCUT2D eigenvalue weighted by Crippen LogP contribution is -2.45. The van der Waals surface area contributed by atoms with E-state index in [1.807, 2.05) is 19.1 Å². The van der Waals surface area contributed by atoms with Gasteiger partial charge in [-0.05, 0) is 57.0 Å². The summed E-state index contributed by atoms with van der Waals surface area (Å²) >= 11 is 0. The van der Waals surface area contributed by atoms with Crippen LogP contribution in [-0.2, 0) is 0 Å². The molecule has 0 bridgehead atoms. The number of nitrogens with zero attached hydrogens (tertiary/aromatic N) is 4. The Bertz CT molecular complexity index is 1130. The van der Waals surface area contributed by atoms with Crippen LogP contribution >= 0.6 is 0 Å². The van der Waals surface area contributed by atoms with Gasteiger partial charge in [0.05, 0.1) is 17.0 Å². The molecule has 8 nitrogen and oxygen atoms in total. The Hall–Kier alpha value is -2.63. The van der Waals surface area contributed by atoms with Crippen LogP contribution < -0.4 is 22.4 Å². The first-order chi connectivity index (χ1) is 14.3. The van der Waals surface area contributed by atoms with E-state index in [0.717, 1.165) is 48.2 Å². The van der Waals surface area contributed by atoms with Crippen molar-refractivity contribution in [2.45, 2.75) is 51.6 Å². The molecule has 160 valence electrons. The lowest BCUT2D eigenvalue weighted by molar-refractivity contribution is 0.113. The third kappa shape index (κ3) is 3.22. The zero-order chi connectivity index (χ0) is 21.6. The topological polar surface area (TPSA) is 109 Å². The standard InChI is InChI=1S/C22H30N6O2/c1-14-16(19(26(3)12-4-10-23)22(2)9-11-25-13-22)7-8-17-18(14)27(15-5-6-15)21(30)28(24)20(17)29/h7-8,15,19,25H,4-6,9,11-13,24H2,1-3H3. The van der Waals surface area contributed by atoms with Crippen LogP contribution in [0.5, 0.6) is 0 Å². The molecule has 1 aliphatic heterocycles. The molecule has 0 spiro atoms. The molecular weight excluding hydrogens is 380 g/mol. The molecule has 0 amide bonds. The number of nitrogens with two attached hydrogens (primary N) is 1. The van der Waals surface area contributed by atoms with Gasteiger partial charge in [0, 0.05) is 37.0 Å². The van der Waals surface area contributed by atoms with Crippen molar-refractivity contribution in [3.05, 3.63) is 44.1 Å². The minimum absolute atomic E-state index is 0.0177. The largest absolute Gasteiger partial charge is 0.350 e. The summed E-state index contributed by atoms with van der Waals surface area (Å²) in [6.45, 7) is 6.78. The first-order valence-corrected chi connectivity index (χ1v) is 10.6. The smallest absolute Gasteiger partial charge is 0.332 e. The Balaban J connectivity index is 1.96. The maximum atomic E-state index is 12.9. The number of hydrogen-bond donors (Lipinski definition) is 2. The van der Waals surface area contributed by atoms with E-state index in [9.17, 15) is 9.59 Å². The highest BCUT2D eigenvalue weighted by molar-refractivity contribution is 5.83. The van der Waals surface area contributed by atoms with Gasteiger partial charge in [-0.15, -0.1) is 0 Å². The Morgan fingerprint density at radius 3 is 2.73 bits per heavy atom. The molecule has 1 aromatic carbocycles. The quantitative estimate of drug-likeness (QED) is 0.697. The van der Waals surface area contributed by atoms with Crippen LogP contribution in [0.3, 0.4) is 0 Å². The lowest BCUT2D eigenvalue weighted by atomic mass is 9.75. The van der Waals surface area contributed by atoms with E-state index in [1.54, 1.807) is 4.57 Å². The van der Waals surface area contributed by atoms with Crippen LogP contribution in [-0.4, -0.2) is 40.8 Å². The molecule has 2 heterocycles. The number of aromatic nitrogens is 2. The molecule has 1 aliphatic carbocycles. The Labute approximate surface area is 175 Å². The van der Waals surface area contributed by atoms with Crippen LogP contribution in [0.2, 0.25) is 0 Å². The fourth-order valence-corrected chi connectivity index (χ4v) is 5.16. The summed E-state index contributed by atoms with van der Waals surface area (Å²) < 4.78 is 2.45. The Morgan fingerprint density at radius 1 is 1.40 bits per heavy atom. The molecule has 0 radical (unpaired) electrons. The van der Waals surface area contributed by atoms with Gasteiger partial charge in [-0.1, -0.05) is 13.0 Å². The normalized spacial score (nSPS) is 22.5. The zero-order valence-electron chi connectivity index (χ0n) is 17.9. The highest BCUT2D eigenvalue weighted by atomic mass is 16.2. The van der Waals surface area contributed by atoms with Crippen LogP contribution in [0.15, 0.2) is 21.7 Å². The summed E-state index contributed by atoms with van der Waals surface area (Å²) in [5.74, 6) is 5.81. The molecule has 4 rings (SSSR count). The van der Waals surface area contributed by atoms with Crippen molar-refractivity contribution in [1.29, 1.82) is 5.26 Å². The SMILES string of the molecule is Cc1c(C(N(C)CCC#N)C2(C)CCNC2)ccc2c(=O)n(N)c(=O)n(C3CC3)c12. The monoisotopic (exact) mass is 410 g/mol. The summed E-state index contributed by atoms with van der Waals surface area (Å²) in [6.07, 6.45) is 3.31. The van der Waals surface area contributed by atoms with Crippen molar-refractivity contribution >= 4 is 10.9 Å². The Morgan fingerprint density at radius 2 is 2.13 bits per heavy atom. The van der Waals surface area contributed by atoms with Gasteiger partial charge in [0.25, 0.3) is 5.56 Å². The molecule has 2 aliphatic rings. The van der Waals surface area contributed by atoms with Crippen LogP contribution in [0.4, 0.5) is 0 Å². The van der Waals surface area contributed by atoms with Crippen molar-refractivity contribution in [2.24, 2.45) is 5.41 Å². The van der Waals surface area contributed by atoms with Crippen LogP contribution in [0.25, 0.3) is 10.9 Å². The van der Waals surface area contributed by atoms with Gasteiger partial charge in [0.1, 0.15) is 0 Å². The summed E-state index contributed by atoms with van der Waals surface area (Å²) in [6, 6.07) is 6.24. The number of rotatable bonds is 6. The number of nitrogens with one attached hydrogen (secondary N) is 1. The predicted molar refractivity (Wildman–Crippen MR) is 117 cm³/mol. The van der Waals surface area contributed by atoms with Gasteiger partial charge in [-0.3, -0.25) is 14.3 Å². The number of hydrogen-bond acceptors (Lipinski definition) is 6. The van der Waals surface area contributed by atoms with E-state index in [0.29, 0.717) is 23.9 Å². The lowest BCUT2D eigenvalue weighted by Gasteiger charge is -2.41. The number of fused-ring (bicyclic) bond motifs is 1. The fraction of sp³-hybridized carbons (Fsp3) is 0.591. The number of nitriles is 1. The fourth-order valence-electron chi connectivity index (χ4n) is 5.16. The molecule has 1 saturated heterocycles. The van der Waals surface area contributed by atoms with E-state index in [4.69, 9.17) is 11.1 Å². The molecule has 2 atom stereocenters. The highest BCUT2D eigenvalue weighted by Crippen LogP contribution is 2.45. The van der Waals surface area contributed by atoms with Crippen molar-refractivity contribution < 1.29 is 0 Å². The molecule has 1 saturated carbocycles. The van der Waals surface area contributed by atoms with Gasteiger partial charge >= 0.3 is 5.69 Å². The predicted octanol–water partition coefficient (Wildman–Crippen LogP) is 1.41. The second-order valence-corrected chi connectivity index (χ2v) is 9.11. The van der Waals surface area contributed by atoms with Crippen molar-refractivity contribution in [1.82, 2.24) is 19.5 Å². The summed E-state index contributed by atoms with van der Waals surface area (Å²) in [5.41, 5.74) is 1.85. The van der Waals surface area contributed by atoms with Crippen molar-refractivity contribution in [2.75, 3.05) is 32.5 Å². The second-order valence-electron chi connectivity index (χ2n) is 9.11. The first kappa shape index (κ1) is 20.6. The molecule has 8 heteroatoms. The number of benzene rings is 1. The zero-order valence-corrected chi connectivity index (χ0v) is 17.9. The molecule has 30 heavy (non-hydrogen) atoms. The molecule has 2 fully saturated rings. The third-order valence-corrected chi connectivity index (χ3v) is 6.86. The highest BCUT2D eigenvalue weighted by Gasteiger charge is 2.41. The minimum Gasteiger partial charge on any atom is -0.332 e. The van der Waals surface area contributed by atoms with Crippen molar-refractivity contribution in [3.63, 3.8) is 0 Å². The maximum Gasteiger partial charge on any atom is 0.350 e. The molecule has 3 N–H and O–H groups in total. The number of aryl methyl sites for hydroxylation is 1. The first-order valence-electron chi connectivity index (χ1n) is 10.6. The van der Waals surface area contributed by atoms with Gasteiger partial charge in [0.15, 0.2) is 0 Å². The van der Waals surface area contributed by atoms with Crippen LogP contribution in [0, 0.1) is 23.7 Å². The maximum absolute atomic E-state index is 12.9. The Kier molecular flexibility index (Phi) is 5.20. The van der Waals surface area contributed by atoms with Gasteiger partial charge in [0.2, 0.25) is 0 Å². The average molecular weight is 411 g/mol. The van der Waals surface area contributed by atoms with E-state index in [-0.39, 0.29) is 17.5 Å². The third-order valence-electron chi connectivity index (χ3n) is 6.86. The molecule has 1 aromatic heterocycles. The number of nitrogen functional groups attached to an aromatic ring is 1. The van der Waals surface area contributed by atoms with Gasteiger partial charge in [-0.25, -0.2) is 4.79 Å². The summed E-state index contributed by atoms with van der Waals surface area (Å²) in [7, 11) is 2.06. The van der Waals surface area contributed by atoms with E-state index in [2.05, 4.69) is 30.3 Å². The molecular formula is C22H30N6O2. The molecule has 2 unspecified atom stereocenters.